The number of benzene rings is 2. The van der Waals surface area contributed by atoms with Gasteiger partial charge < -0.3 is 9.84 Å². The highest BCUT2D eigenvalue weighted by atomic mass is 35.5. The smallest absolute Gasteiger partial charge is 0.138 e. The molecule has 0 saturated heterocycles. The predicted octanol–water partition coefficient (Wildman–Crippen LogP) is 3.86. The van der Waals surface area contributed by atoms with Gasteiger partial charge in [-0.25, -0.2) is 4.39 Å². The van der Waals surface area contributed by atoms with Crippen LogP contribution in [0, 0.1) is 12.7 Å². The van der Waals surface area contributed by atoms with Gasteiger partial charge in [-0.3, -0.25) is 0 Å². The third-order valence-electron chi connectivity index (χ3n) is 2.87. The zero-order valence-corrected chi connectivity index (χ0v) is 11.2. The number of aliphatic hydroxyl groups excluding tert-OH is 1. The van der Waals surface area contributed by atoms with Gasteiger partial charge in [-0.15, -0.1) is 0 Å². The van der Waals surface area contributed by atoms with E-state index in [-0.39, 0.29) is 19.0 Å². The molecule has 0 atom stereocenters. The molecule has 0 aliphatic carbocycles. The molecule has 2 nitrogen and oxygen atoms in total. The Morgan fingerprint density at radius 3 is 2.68 bits per heavy atom. The Labute approximate surface area is 116 Å². The Morgan fingerprint density at radius 1 is 1.21 bits per heavy atom. The second-order valence-electron chi connectivity index (χ2n) is 4.28. The standard InChI is InChI=1S/C15H14ClFO2/c1-10-2-4-13(17)7-12(10)9-19-15-5-3-11(8-18)6-14(15)16/h2-7,18H,8-9H2,1H3. The number of rotatable bonds is 4. The van der Waals surface area contributed by atoms with Gasteiger partial charge in [-0.1, -0.05) is 23.7 Å². The van der Waals surface area contributed by atoms with Gasteiger partial charge in [0.15, 0.2) is 0 Å². The van der Waals surface area contributed by atoms with Crippen LogP contribution >= 0.6 is 11.6 Å². The molecule has 0 aliphatic rings. The van der Waals surface area contributed by atoms with E-state index in [2.05, 4.69) is 0 Å². The Hall–Kier alpha value is -1.58. The van der Waals surface area contributed by atoms with Crippen molar-refractivity contribution < 1.29 is 14.2 Å². The lowest BCUT2D eigenvalue weighted by Gasteiger charge is -2.11. The monoisotopic (exact) mass is 280 g/mol. The fourth-order valence-corrected chi connectivity index (χ4v) is 1.97. The summed E-state index contributed by atoms with van der Waals surface area (Å²) in [5.74, 6) is 0.230. The third kappa shape index (κ3) is 3.46. The molecule has 0 amide bonds. The van der Waals surface area contributed by atoms with Crippen molar-refractivity contribution in [2.75, 3.05) is 0 Å². The second kappa shape index (κ2) is 6.04. The van der Waals surface area contributed by atoms with Crippen LogP contribution in [0.2, 0.25) is 5.02 Å². The normalized spacial score (nSPS) is 10.5. The molecule has 0 spiro atoms. The molecule has 4 heteroatoms. The number of ether oxygens (including phenoxy) is 1. The lowest BCUT2D eigenvalue weighted by molar-refractivity contribution is 0.280. The zero-order valence-electron chi connectivity index (χ0n) is 10.5. The summed E-state index contributed by atoms with van der Waals surface area (Å²) in [7, 11) is 0. The van der Waals surface area contributed by atoms with E-state index >= 15 is 0 Å². The molecule has 0 saturated carbocycles. The van der Waals surface area contributed by atoms with E-state index in [0.29, 0.717) is 10.8 Å². The van der Waals surface area contributed by atoms with E-state index in [1.807, 2.05) is 6.92 Å². The van der Waals surface area contributed by atoms with E-state index in [9.17, 15) is 4.39 Å². The van der Waals surface area contributed by atoms with Gasteiger partial charge in [0.25, 0.3) is 0 Å². The molecule has 0 fully saturated rings. The molecule has 0 unspecified atom stereocenters. The maximum absolute atomic E-state index is 13.1. The van der Waals surface area contributed by atoms with Crippen LogP contribution < -0.4 is 4.74 Å². The molecule has 0 heterocycles. The topological polar surface area (TPSA) is 29.5 Å². The summed E-state index contributed by atoms with van der Waals surface area (Å²) >= 11 is 6.04. The minimum atomic E-state index is -0.286. The van der Waals surface area contributed by atoms with Gasteiger partial charge in [0, 0.05) is 0 Å². The Morgan fingerprint density at radius 2 is 2.00 bits per heavy atom. The van der Waals surface area contributed by atoms with Crippen LogP contribution in [0.4, 0.5) is 4.39 Å². The van der Waals surface area contributed by atoms with Crippen LogP contribution in [0.3, 0.4) is 0 Å². The van der Waals surface area contributed by atoms with Crippen molar-refractivity contribution in [2.45, 2.75) is 20.1 Å². The molecular weight excluding hydrogens is 267 g/mol. The molecule has 1 N–H and O–H groups in total. The van der Waals surface area contributed by atoms with Crippen LogP contribution in [-0.2, 0) is 13.2 Å². The SMILES string of the molecule is Cc1ccc(F)cc1COc1ccc(CO)cc1Cl. The highest BCUT2D eigenvalue weighted by molar-refractivity contribution is 6.32. The third-order valence-corrected chi connectivity index (χ3v) is 3.17. The summed E-state index contributed by atoms with van der Waals surface area (Å²) in [4.78, 5) is 0. The second-order valence-corrected chi connectivity index (χ2v) is 4.69. The quantitative estimate of drug-likeness (QED) is 0.921. The summed E-state index contributed by atoms with van der Waals surface area (Å²) in [6, 6.07) is 9.66. The minimum Gasteiger partial charge on any atom is -0.487 e. The van der Waals surface area contributed by atoms with Gasteiger partial charge in [0.2, 0.25) is 0 Å². The fraction of sp³-hybridized carbons (Fsp3) is 0.200. The van der Waals surface area contributed by atoms with Gasteiger partial charge >= 0.3 is 0 Å². The lowest BCUT2D eigenvalue weighted by atomic mass is 10.1. The largest absolute Gasteiger partial charge is 0.487 e. The summed E-state index contributed by atoms with van der Waals surface area (Å²) in [5, 5.41) is 9.42. The van der Waals surface area contributed by atoms with Crippen molar-refractivity contribution in [3.05, 3.63) is 63.9 Å². The fourth-order valence-electron chi connectivity index (χ4n) is 1.71. The van der Waals surface area contributed by atoms with Gasteiger partial charge in [-0.2, -0.15) is 0 Å². The first-order chi connectivity index (χ1) is 9.10. The van der Waals surface area contributed by atoms with E-state index < -0.39 is 0 Å². The first-order valence-electron chi connectivity index (χ1n) is 5.87. The van der Waals surface area contributed by atoms with Gasteiger partial charge in [0.1, 0.15) is 18.2 Å². The minimum absolute atomic E-state index is 0.0665. The van der Waals surface area contributed by atoms with Gasteiger partial charge in [-0.05, 0) is 47.9 Å². The van der Waals surface area contributed by atoms with Crippen molar-refractivity contribution in [1.29, 1.82) is 0 Å². The lowest BCUT2D eigenvalue weighted by Crippen LogP contribution is -1.99. The van der Waals surface area contributed by atoms with Crippen molar-refractivity contribution in [2.24, 2.45) is 0 Å². The van der Waals surface area contributed by atoms with Crippen LogP contribution in [0.25, 0.3) is 0 Å². The highest BCUT2D eigenvalue weighted by Crippen LogP contribution is 2.26. The molecule has 0 aliphatic heterocycles. The molecule has 0 bridgehead atoms. The van der Waals surface area contributed by atoms with E-state index in [1.165, 1.54) is 12.1 Å². The maximum Gasteiger partial charge on any atom is 0.138 e. The zero-order chi connectivity index (χ0) is 13.8. The molecule has 2 rings (SSSR count). The van der Waals surface area contributed by atoms with Crippen molar-refractivity contribution in [1.82, 2.24) is 0 Å². The number of hydrogen-bond acceptors (Lipinski definition) is 2. The van der Waals surface area contributed by atoms with Crippen LogP contribution in [0.5, 0.6) is 5.75 Å². The first-order valence-corrected chi connectivity index (χ1v) is 6.25. The first kappa shape index (κ1) is 13.8. The van der Waals surface area contributed by atoms with Crippen LogP contribution in [0.15, 0.2) is 36.4 Å². The summed E-state index contributed by atoms with van der Waals surface area (Å²) in [6.45, 7) is 2.08. The Bertz CT molecular complexity index is 584. The molecule has 2 aromatic carbocycles. The Kier molecular flexibility index (Phi) is 4.40. The number of aliphatic hydroxyl groups is 1. The van der Waals surface area contributed by atoms with Crippen molar-refractivity contribution in [3.63, 3.8) is 0 Å². The average molecular weight is 281 g/mol. The molecular formula is C15H14ClFO2. The van der Waals surface area contributed by atoms with E-state index in [4.69, 9.17) is 21.4 Å². The molecule has 19 heavy (non-hydrogen) atoms. The summed E-state index contributed by atoms with van der Waals surface area (Å²) in [6.07, 6.45) is 0. The maximum atomic E-state index is 13.1. The Balaban J connectivity index is 2.12. The molecule has 0 aromatic heterocycles. The number of halogens is 2. The molecule has 0 radical (unpaired) electrons. The van der Waals surface area contributed by atoms with E-state index in [1.54, 1.807) is 24.3 Å². The van der Waals surface area contributed by atoms with E-state index in [0.717, 1.165) is 16.7 Å². The van der Waals surface area contributed by atoms with Crippen LogP contribution in [0.1, 0.15) is 16.7 Å². The van der Waals surface area contributed by atoms with Crippen molar-refractivity contribution in [3.8, 4) is 5.75 Å². The summed E-state index contributed by atoms with van der Waals surface area (Å²) < 4.78 is 18.7. The number of aryl methyl sites for hydroxylation is 1. The highest BCUT2D eigenvalue weighted by Gasteiger charge is 2.05. The van der Waals surface area contributed by atoms with Gasteiger partial charge in [0.05, 0.1) is 11.6 Å². The molecule has 100 valence electrons. The van der Waals surface area contributed by atoms with Crippen LogP contribution in [-0.4, -0.2) is 5.11 Å². The van der Waals surface area contributed by atoms with Crippen molar-refractivity contribution >= 4 is 11.6 Å². The predicted molar refractivity (Wildman–Crippen MR) is 72.8 cm³/mol. The molecule has 2 aromatic rings. The average Bonchev–Trinajstić information content (AvgIpc) is 2.40. The number of hydrogen-bond donors (Lipinski definition) is 1. The summed E-state index contributed by atoms with van der Waals surface area (Å²) in [5.41, 5.74) is 2.46.